The highest BCUT2D eigenvalue weighted by Crippen LogP contribution is 2.28. The van der Waals surface area contributed by atoms with Gasteiger partial charge in [-0.2, -0.15) is 0 Å². The number of aromatic nitrogens is 2. The monoisotopic (exact) mass is 355 g/mol. The van der Waals surface area contributed by atoms with Gasteiger partial charge in [-0.3, -0.25) is 14.6 Å². The molecule has 0 aromatic carbocycles. The standard InChI is InChI=1S/C20H25N3O3/c24-18(6-5-16-4-2-12-26-16)23-10-7-14(8-11-23)17-13-15-3-1-9-21-19(15)20(25)22-17/h1,3,9,13-14,16H,2,4-8,10-12H2,(H,22,25). The van der Waals surface area contributed by atoms with Gasteiger partial charge in [0, 0.05) is 49.3 Å². The lowest BCUT2D eigenvalue weighted by molar-refractivity contribution is -0.132. The molecule has 1 atom stereocenters. The number of pyridine rings is 2. The topological polar surface area (TPSA) is 75.3 Å². The average molecular weight is 355 g/mol. The van der Waals surface area contributed by atoms with Crippen molar-refractivity contribution in [3.63, 3.8) is 0 Å². The molecule has 2 aromatic rings. The maximum Gasteiger partial charge on any atom is 0.274 e. The number of rotatable bonds is 4. The van der Waals surface area contributed by atoms with E-state index in [0.29, 0.717) is 11.9 Å². The van der Waals surface area contributed by atoms with Crippen molar-refractivity contribution in [2.45, 2.75) is 50.5 Å². The Bertz CT molecular complexity index is 834. The van der Waals surface area contributed by atoms with Gasteiger partial charge in [-0.05, 0) is 44.2 Å². The Balaban J connectivity index is 1.36. The maximum absolute atomic E-state index is 12.4. The van der Waals surface area contributed by atoms with Gasteiger partial charge in [-0.15, -0.1) is 0 Å². The molecule has 6 nitrogen and oxygen atoms in total. The number of fused-ring (bicyclic) bond motifs is 1. The quantitative estimate of drug-likeness (QED) is 0.915. The van der Waals surface area contributed by atoms with Gasteiger partial charge in [0.1, 0.15) is 5.52 Å². The number of carbonyl (C=O) groups is 1. The maximum atomic E-state index is 12.4. The lowest BCUT2D eigenvalue weighted by Gasteiger charge is -2.32. The summed E-state index contributed by atoms with van der Waals surface area (Å²) < 4.78 is 5.60. The predicted octanol–water partition coefficient (Wildman–Crippen LogP) is 2.59. The fourth-order valence-corrected chi connectivity index (χ4v) is 4.09. The molecule has 0 spiro atoms. The minimum atomic E-state index is -0.131. The first-order valence-electron chi connectivity index (χ1n) is 9.58. The summed E-state index contributed by atoms with van der Waals surface area (Å²) in [4.78, 5) is 33.8. The summed E-state index contributed by atoms with van der Waals surface area (Å²) in [6.07, 6.45) is 7.28. The van der Waals surface area contributed by atoms with Gasteiger partial charge in [0.25, 0.3) is 5.56 Å². The number of H-pyrrole nitrogens is 1. The zero-order chi connectivity index (χ0) is 17.9. The summed E-state index contributed by atoms with van der Waals surface area (Å²) >= 11 is 0. The van der Waals surface area contributed by atoms with Crippen LogP contribution in [0.4, 0.5) is 0 Å². The number of nitrogens with zero attached hydrogens (tertiary/aromatic N) is 2. The van der Waals surface area contributed by atoms with Crippen LogP contribution in [-0.4, -0.2) is 46.6 Å². The minimum Gasteiger partial charge on any atom is -0.378 e. The Labute approximate surface area is 152 Å². The van der Waals surface area contributed by atoms with Crippen molar-refractivity contribution < 1.29 is 9.53 Å². The molecule has 2 aliphatic rings. The summed E-state index contributed by atoms with van der Waals surface area (Å²) in [5.41, 5.74) is 1.31. The van der Waals surface area contributed by atoms with Crippen LogP contribution < -0.4 is 5.56 Å². The lowest BCUT2D eigenvalue weighted by atomic mass is 9.92. The number of hydrogen-bond acceptors (Lipinski definition) is 4. The summed E-state index contributed by atoms with van der Waals surface area (Å²) in [6.45, 7) is 2.34. The first kappa shape index (κ1) is 17.2. The van der Waals surface area contributed by atoms with Crippen molar-refractivity contribution >= 4 is 16.8 Å². The minimum absolute atomic E-state index is 0.131. The van der Waals surface area contributed by atoms with Crippen LogP contribution >= 0.6 is 0 Å². The molecule has 1 N–H and O–H groups in total. The second-order valence-electron chi connectivity index (χ2n) is 7.32. The van der Waals surface area contributed by atoms with Crippen LogP contribution in [0.25, 0.3) is 10.9 Å². The number of ether oxygens (including phenoxy) is 1. The average Bonchev–Trinajstić information content (AvgIpc) is 3.20. The van der Waals surface area contributed by atoms with E-state index in [4.69, 9.17) is 4.74 Å². The second kappa shape index (κ2) is 7.58. The molecule has 1 amide bonds. The number of likely N-dealkylation sites (tertiary alicyclic amines) is 1. The van der Waals surface area contributed by atoms with E-state index in [1.54, 1.807) is 6.20 Å². The van der Waals surface area contributed by atoms with Gasteiger partial charge in [-0.25, -0.2) is 0 Å². The van der Waals surface area contributed by atoms with Crippen molar-refractivity contribution in [3.05, 3.63) is 40.4 Å². The zero-order valence-corrected chi connectivity index (χ0v) is 14.9. The molecule has 0 aliphatic carbocycles. The van der Waals surface area contributed by atoms with Crippen molar-refractivity contribution in [1.82, 2.24) is 14.9 Å². The van der Waals surface area contributed by atoms with E-state index in [1.807, 2.05) is 23.1 Å². The van der Waals surface area contributed by atoms with Gasteiger partial charge in [0.05, 0.1) is 6.10 Å². The van der Waals surface area contributed by atoms with E-state index in [1.165, 1.54) is 0 Å². The van der Waals surface area contributed by atoms with Crippen molar-refractivity contribution in [2.24, 2.45) is 0 Å². The molecular formula is C20H25N3O3. The van der Waals surface area contributed by atoms with Crippen molar-refractivity contribution in [1.29, 1.82) is 0 Å². The fraction of sp³-hybridized carbons (Fsp3) is 0.550. The van der Waals surface area contributed by atoms with E-state index in [0.717, 1.165) is 62.9 Å². The van der Waals surface area contributed by atoms with Crippen LogP contribution in [-0.2, 0) is 9.53 Å². The number of hydrogen-bond donors (Lipinski definition) is 1. The Morgan fingerprint density at radius 2 is 2.15 bits per heavy atom. The summed E-state index contributed by atoms with van der Waals surface area (Å²) in [5.74, 6) is 0.518. The van der Waals surface area contributed by atoms with Crippen molar-refractivity contribution in [3.8, 4) is 0 Å². The third-order valence-corrected chi connectivity index (χ3v) is 5.61. The van der Waals surface area contributed by atoms with Crippen LogP contribution in [0.3, 0.4) is 0 Å². The fourth-order valence-electron chi connectivity index (χ4n) is 4.09. The molecule has 4 heterocycles. The summed E-state index contributed by atoms with van der Waals surface area (Å²) in [5, 5.41) is 0.876. The Hall–Kier alpha value is -2.21. The van der Waals surface area contributed by atoms with Gasteiger partial charge in [0.2, 0.25) is 5.91 Å². The Morgan fingerprint density at radius 3 is 2.92 bits per heavy atom. The third-order valence-electron chi connectivity index (χ3n) is 5.61. The zero-order valence-electron chi connectivity index (χ0n) is 14.9. The van der Waals surface area contributed by atoms with Gasteiger partial charge in [-0.1, -0.05) is 6.07 Å². The van der Waals surface area contributed by atoms with E-state index in [2.05, 4.69) is 9.97 Å². The molecule has 2 fully saturated rings. The largest absolute Gasteiger partial charge is 0.378 e. The summed E-state index contributed by atoms with van der Waals surface area (Å²) in [6, 6.07) is 5.80. The van der Waals surface area contributed by atoms with Crippen LogP contribution in [0.2, 0.25) is 0 Å². The smallest absolute Gasteiger partial charge is 0.274 e. The van der Waals surface area contributed by atoms with E-state index < -0.39 is 0 Å². The lowest BCUT2D eigenvalue weighted by Crippen LogP contribution is -2.38. The first-order valence-corrected chi connectivity index (χ1v) is 9.58. The molecule has 138 valence electrons. The Morgan fingerprint density at radius 1 is 1.31 bits per heavy atom. The molecule has 6 heteroatoms. The van der Waals surface area contributed by atoms with E-state index in [9.17, 15) is 9.59 Å². The van der Waals surface area contributed by atoms with Crippen molar-refractivity contribution in [2.75, 3.05) is 19.7 Å². The highest BCUT2D eigenvalue weighted by atomic mass is 16.5. The number of amides is 1. The third kappa shape index (κ3) is 3.65. The summed E-state index contributed by atoms with van der Waals surface area (Å²) in [7, 11) is 0. The molecule has 2 saturated heterocycles. The highest BCUT2D eigenvalue weighted by molar-refractivity contribution is 5.78. The van der Waals surface area contributed by atoms with E-state index >= 15 is 0 Å². The number of nitrogens with one attached hydrogen (secondary N) is 1. The van der Waals surface area contributed by atoms with Crippen LogP contribution in [0, 0.1) is 0 Å². The molecule has 4 rings (SSSR count). The van der Waals surface area contributed by atoms with Gasteiger partial charge >= 0.3 is 0 Å². The molecule has 2 aromatic heterocycles. The number of aromatic amines is 1. The highest BCUT2D eigenvalue weighted by Gasteiger charge is 2.25. The molecule has 0 saturated carbocycles. The Kier molecular flexibility index (Phi) is 5.02. The van der Waals surface area contributed by atoms with Gasteiger partial charge in [0.15, 0.2) is 0 Å². The second-order valence-corrected chi connectivity index (χ2v) is 7.32. The number of carbonyl (C=O) groups excluding carboxylic acids is 1. The molecular weight excluding hydrogens is 330 g/mol. The molecule has 1 unspecified atom stereocenters. The SMILES string of the molecule is O=C(CCC1CCCO1)N1CCC(c2cc3cccnc3c(=O)[nH]2)CC1. The normalized spacial score (nSPS) is 21.4. The van der Waals surface area contributed by atoms with Crippen LogP contribution in [0.5, 0.6) is 0 Å². The van der Waals surface area contributed by atoms with Crippen LogP contribution in [0.15, 0.2) is 29.2 Å². The van der Waals surface area contributed by atoms with Gasteiger partial charge < -0.3 is 14.6 Å². The molecule has 2 aliphatic heterocycles. The molecule has 0 radical (unpaired) electrons. The first-order chi connectivity index (χ1) is 12.7. The van der Waals surface area contributed by atoms with E-state index in [-0.39, 0.29) is 23.5 Å². The predicted molar refractivity (Wildman–Crippen MR) is 99.1 cm³/mol. The molecule has 0 bridgehead atoms. The number of piperidine rings is 1. The molecule has 26 heavy (non-hydrogen) atoms. The van der Waals surface area contributed by atoms with Crippen LogP contribution in [0.1, 0.15) is 50.1 Å².